The molecule has 4 heterocycles. The SMILES string of the molecule is CNc1ncc(-c2ncccc2OC)c2cc(Nc3ccccn3)ncc12. The van der Waals surface area contributed by atoms with Gasteiger partial charge >= 0.3 is 0 Å². The lowest BCUT2D eigenvalue weighted by Crippen LogP contribution is -2.00. The minimum absolute atomic E-state index is 0.686. The van der Waals surface area contributed by atoms with Gasteiger partial charge in [0.1, 0.15) is 28.9 Å². The van der Waals surface area contributed by atoms with E-state index in [4.69, 9.17) is 4.74 Å². The van der Waals surface area contributed by atoms with Gasteiger partial charge in [0, 0.05) is 48.2 Å². The van der Waals surface area contributed by atoms with Crippen molar-refractivity contribution in [2.45, 2.75) is 0 Å². The highest BCUT2D eigenvalue weighted by Crippen LogP contribution is 2.35. The fraction of sp³-hybridized carbons (Fsp3) is 0.100. The fourth-order valence-electron chi connectivity index (χ4n) is 2.92. The van der Waals surface area contributed by atoms with E-state index in [0.29, 0.717) is 11.6 Å². The molecule has 0 fully saturated rings. The first-order valence-corrected chi connectivity index (χ1v) is 8.44. The maximum Gasteiger partial charge on any atom is 0.145 e. The van der Waals surface area contributed by atoms with Gasteiger partial charge in [0.25, 0.3) is 0 Å². The summed E-state index contributed by atoms with van der Waals surface area (Å²) in [4.78, 5) is 17.8. The van der Waals surface area contributed by atoms with E-state index in [1.807, 2.05) is 43.4 Å². The van der Waals surface area contributed by atoms with Crippen molar-refractivity contribution in [3.8, 4) is 17.0 Å². The van der Waals surface area contributed by atoms with Crippen LogP contribution in [0.4, 0.5) is 17.5 Å². The van der Waals surface area contributed by atoms with E-state index in [0.717, 1.165) is 33.7 Å². The van der Waals surface area contributed by atoms with E-state index in [-0.39, 0.29) is 0 Å². The summed E-state index contributed by atoms with van der Waals surface area (Å²) in [5, 5.41) is 8.19. The van der Waals surface area contributed by atoms with Gasteiger partial charge in [-0.25, -0.2) is 15.0 Å². The zero-order valence-electron chi connectivity index (χ0n) is 15.0. The van der Waals surface area contributed by atoms with Crippen molar-refractivity contribution < 1.29 is 4.74 Å². The summed E-state index contributed by atoms with van der Waals surface area (Å²) < 4.78 is 5.48. The maximum atomic E-state index is 5.48. The summed E-state index contributed by atoms with van der Waals surface area (Å²) in [6, 6.07) is 11.4. The molecule has 7 nitrogen and oxygen atoms in total. The summed E-state index contributed by atoms with van der Waals surface area (Å²) in [7, 11) is 3.47. The van der Waals surface area contributed by atoms with Crippen LogP contribution in [0.15, 0.2) is 61.2 Å². The number of nitrogens with one attached hydrogen (secondary N) is 2. The van der Waals surface area contributed by atoms with Gasteiger partial charge in [-0.15, -0.1) is 0 Å². The minimum Gasteiger partial charge on any atom is -0.494 e. The number of fused-ring (bicyclic) bond motifs is 1. The Morgan fingerprint density at radius 3 is 2.52 bits per heavy atom. The minimum atomic E-state index is 0.686. The van der Waals surface area contributed by atoms with Crippen molar-refractivity contribution in [1.82, 2.24) is 19.9 Å². The summed E-state index contributed by atoms with van der Waals surface area (Å²) in [6.45, 7) is 0. The predicted molar refractivity (Wildman–Crippen MR) is 106 cm³/mol. The molecule has 0 saturated heterocycles. The Morgan fingerprint density at radius 1 is 0.852 bits per heavy atom. The lowest BCUT2D eigenvalue weighted by molar-refractivity contribution is 0.415. The van der Waals surface area contributed by atoms with Crippen LogP contribution >= 0.6 is 0 Å². The normalized spacial score (nSPS) is 10.6. The van der Waals surface area contributed by atoms with Crippen LogP contribution in [0, 0.1) is 0 Å². The molecule has 0 atom stereocenters. The highest BCUT2D eigenvalue weighted by atomic mass is 16.5. The standard InChI is InChI=1S/C20H18N6O/c1-21-20-15-12-24-18(26-17-7-3-4-8-22-17)10-13(15)14(11-25-20)19-16(27-2)6-5-9-23-19/h3-12H,1-2H3,(H,21,25)(H,22,24,26). The fourth-order valence-corrected chi connectivity index (χ4v) is 2.92. The molecule has 4 aromatic heterocycles. The van der Waals surface area contributed by atoms with Gasteiger partial charge in [-0.3, -0.25) is 4.98 Å². The number of hydrogen-bond acceptors (Lipinski definition) is 7. The molecular weight excluding hydrogens is 340 g/mol. The van der Waals surface area contributed by atoms with Gasteiger partial charge in [-0.05, 0) is 30.3 Å². The van der Waals surface area contributed by atoms with Crippen LogP contribution in [0.1, 0.15) is 0 Å². The highest BCUT2D eigenvalue weighted by Gasteiger charge is 2.14. The summed E-state index contributed by atoms with van der Waals surface area (Å²) in [5.41, 5.74) is 1.60. The predicted octanol–water partition coefficient (Wildman–Crippen LogP) is 3.88. The van der Waals surface area contributed by atoms with Crippen molar-refractivity contribution in [2.24, 2.45) is 0 Å². The quantitative estimate of drug-likeness (QED) is 0.560. The van der Waals surface area contributed by atoms with Crippen molar-refractivity contribution >= 4 is 28.2 Å². The number of aromatic nitrogens is 4. The Morgan fingerprint density at radius 2 is 1.74 bits per heavy atom. The van der Waals surface area contributed by atoms with Gasteiger partial charge in [-0.1, -0.05) is 6.07 Å². The third-order valence-electron chi connectivity index (χ3n) is 4.18. The molecule has 0 aliphatic heterocycles. The molecule has 7 heteroatoms. The topological polar surface area (TPSA) is 84.9 Å². The van der Waals surface area contributed by atoms with E-state index in [9.17, 15) is 0 Å². The van der Waals surface area contributed by atoms with Crippen molar-refractivity contribution in [1.29, 1.82) is 0 Å². The second kappa shape index (κ2) is 7.25. The molecule has 0 aliphatic carbocycles. The number of hydrogen-bond donors (Lipinski definition) is 2. The second-order valence-electron chi connectivity index (χ2n) is 5.78. The Kier molecular flexibility index (Phi) is 4.49. The Bertz CT molecular complexity index is 1080. The summed E-state index contributed by atoms with van der Waals surface area (Å²) in [5.74, 6) is 2.85. The molecule has 134 valence electrons. The van der Waals surface area contributed by atoms with E-state index in [1.165, 1.54) is 0 Å². The van der Waals surface area contributed by atoms with Crippen molar-refractivity contribution in [2.75, 3.05) is 24.8 Å². The number of nitrogens with zero attached hydrogens (tertiary/aromatic N) is 4. The van der Waals surface area contributed by atoms with Crippen LogP contribution in [0.3, 0.4) is 0 Å². The molecule has 0 unspecified atom stereocenters. The smallest absolute Gasteiger partial charge is 0.145 e. The molecule has 0 amide bonds. The molecule has 0 saturated carbocycles. The van der Waals surface area contributed by atoms with E-state index >= 15 is 0 Å². The van der Waals surface area contributed by atoms with Gasteiger partial charge in [-0.2, -0.15) is 0 Å². The van der Waals surface area contributed by atoms with Crippen LogP contribution in [0.2, 0.25) is 0 Å². The molecule has 4 aromatic rings. The number of rotatable bonds is 5. The van der Waals surface area contributed by atoms with E-state index in [1.54, 1.807) is 31.9 Å². The first-order chi connectivity index (χ1) is 13.3. The molecule has 0 spiro atoms. The average Bonchev–Trinajstić information content (AvgIpc) is 2.73. The van der Waals surface area contributed by atoms with Crippen molar-refractivity contribution in [3.63, 3.8) is 0 Å². The van der Waals surface area contributed by atoms with Crippen LogP contribution in [-0.4, -0.2) is 34.1 Å². The lowest BCUT2D eigenvalue weighted by Gasteiger charge is -2.13. The number of methoxy groups -OCH3 is 1. The lowest BCUT2D eigenvalue weighted by atomic mass is 10.0. The molecule has 27 heavy (non-hydrogen) atoms. The van der Waals surface area contributed by atoms with Crippen LogP contribution in [0.5, 0.6) is 5.75 Å². The molecule has 4 rings (SSSR count). The highest BCUT2D eigenvalue weighted by molar-refractivity contribution is 6.02. The van der Waals surface area contributed by atoms with Gasteiger partial charge in [0.2, 0.25) is 0 Å². The molecule has 0 bridgehead atoms. The maximum absolute atomic E-state index is 5.48. The van der Waals surface area contributed by atoms with Crippen LogP contribution in [-0.2, 0) is 0 Å². The second-order valence-corrected chi connectivity index (χ2v) is 5.78. The van der Waals surface area contributed by atoms with E-state index < -0.39 is 0 Å². The number of anilines is 3. The van der Waals surface area contributed by atoms with Crippen LogP contribution in [0.25, 0.3) is 22.0 Å². The number of ether oxygens (including phenoxy) is 1. The zero-order valence-corrected chi connectivity index (χ0v) is 15.0. The molecular formula is C20H18N6O. The number of pyridine rings is 4. The third kappa shape index (κ3) is 3.22. The molecule has 0 aromatic carbocycles. The largest absolute Gasteiger partial charge is 0.494 e. The summed E-state index contributed by atoms with van der Waals surface area (Å²) >= 11 is 0. The molecule has 0 radical (unpaired) electrons. The van der Waals surface area contributed by atoms with Gasteiger partial charge in [0.05, 0.1) is 7.11 Å². The van der Waals surface area contributed by atoms with Crippen molar-refractivity contribution in [3.05, 3.63) is 61.2 Å². The van der Waals surface area contributed by atoms with E-state index in [2.05, 4.69) is 30.6 Å². The molecule has 2 N–H and O–H groups in total. The molecule has 0 aliphatic rings. The Labute approximate surface area is 156 Å². The first-order valence-electron chi connectivity index (χ1n) is 8.44. The summed E-state index contributed by atoms with van der Waals surface area (Å²) in [6.07, 6.45) is 7.06. The average molecular weight is 358 g/mol. The van der Waals surface area contributed by atoms with Gasteiger partial charge < -0.3 is 15.4 Å². The Balaban J connectivity index is 1.89. The third-order valence-corrected chi connectivity index (χ3v) is 4.18. The zero-order chi connectivity index (χ0) is 18.6. The van der Waals surface area contributed by atoms with Crippen LogP contribution < -0.4 is 15.4 Å². The first kappa shape index (κ1) is 16.7. The van der Waals surface area contributed by atoms with Gasteiger partial charge in [0.15, 0.2) is 0 Å². The monoisotopic (exact) mass is 358 g/mol. The Hall–Kier alpha value is -3.74.